The van der Waals surface area contributed by atoms with Crippen LogP contribution in [-0.4, -0.2) is 31.5 Å². The molecular weight excluding hydrogens is 284 g/mol. The van der Waals surface area contributed by atoms with Gasteiger partial charge >= 0.3 is 11.9 Å². The number of aliphatic imine (C=N–C) groups is 1. The van der Waals surface area contributed by atoms with Gasteiger partial charge in [-0.15, -0.1) is 12.4 Å². The lowest BCUT2D eigenvalue weighted by atomic mass is 10.2. The van der Waals surface area contributed by atoms with Crippen molar-refractivity contribution < 1.29 is 19.1 Å². The summed E-state index contributed by atoms with van der Waals surface area (Å²) < 4.78 is 9.33. The highest BCUT2D eigenvalue weighted by Crippen LogP contribution is 2.14. The third-order valence-electron chi connectivity index (χ3n) is 2.19. The van der Waals surface area contributed by atoms with Crippen molar-refractivity contribution in [1.82, 2.24) is 0 Å². The zero-order chi connectivity index (χ0) is 14.3. The van der Waals surface area contributed by atoms with Crippen molar-refractivity contribution in [3.8, 4) is 0 Å². The molecule has 0 atom stereocenters. The van der Waals surface area contributed by atoms with Crippen molar-refractivity contribution in [2.24, 2.45) is 10.7 Å². The summed E-state index contributed by atoms with van der Waals surface area (Å²) in [7, 11) is 1.31. The molecule has 0 aliphatic heterocycles. The number of nitrogens with zero attached hydrogens (tertiary/aromatic N) is 1. The van der Waals surface area contributed by atoms with Crippen molar-refractivity contribution in [3.63, 3.8) is 0 Å². The van der Waals surface area contributed by atoms with E-state index in [4.69, 9.17) is 10.5 Å². The van der Waals surface area contributed by atoms with Crippen LogP contribution in [0, 0.1) is 0 Å². The minimum atomic E-state index is -0.421. The molecule has 1 aromatic rings. The first-order chi connectivity index (χ1) is 9.06. The molecule has 0 radical (unpaired) electrons. The molecule has 0 aromatic heterocycles. The van der Waals surface area contributed by atoms with Crippen LogP contribution in [0.3, 0.4) is 0 Å². The van der Waals surface area contributed by atoms with Gasteiger partial charge in [0.05, 0.1) is 25.0 Å². The fraction of sp³-hybridized carbons (Fsp3) is 0.308. The molecule has 0 spiro atoms. The van der Waals surface area contributed by atoms with Crippen molar-refractivity contribution in [2.75, 3.05) is 13.7 Å². The number of hydrogen-bond donors (Lipinski definition) is 1. The van der Waals surface area contributed by atoms with Gasteiger partial charge in [0, 0.05) is 0 Å². The van der Waals surface area contributed by atoms with Gasteiger partial charge in [0.25, 0.3) is 0 Å². The third kappa shape index (κ3) is 5.71. The predicted molar refractivity (Wildman–Crippen MR) is 77.6 cm³/mol. The molecular formula is C13H17ClN2O4. The standard InChI is InChI=1S/C13H16N2O4.ClH/c1-3-19-12(16)8-11(14)15-10-6-4-9(5-7-10)13(17)18-2;/h4-7H,3,8H2,1-2H3,(H2,14,15);1H. The Morgan fingerprint density at radius 1 is 1.25 bits per heavy atom. The van der Waals surface area contributed by atoms with Gasteiger partial charge in [-0.1, -0.05) is 0 Å². The van der Waals surface area contributed by atoms with Crippen molar-refractivity contribution in [2.45, 2.75) is 13.3 Å². The fourth-order valence-corrected chi connectivity index (χ4v) is 1.36. The maximum absolute atomic E-state index is 11.2. The third-order valence-corrected chi connectivity index (χ3v) is 2.19. The van der Waals surface area contributed by atoms with Gasteiger partial charge in [0.2, 0.25) is 0 Å². The van der Waals surface area contributed by atoms with Crippen LogP contribution in [0.25, 0.3) is 0 Å². The van der Waals surface area contributed by atoms with E-state index >= 15 is 0 Å². The maximum atomic E-state index is 11.2. The molecule has 0 saturated carbocycles. The Hall–Kier alpha value is -2.08. The Kier molecular flexibility index (Phi) is 8.00. The Labute approximate surface area is 123 Å². The molecule has 0 bridgehead atoms. The fourth-order valence-electron chi connectivity index (χ4n) is 1.36. The second-order valence-corrected chi connectivity index (χ2v) is 3.62. The smallest absolute Gasteiger partial charge is 0.337 e. The van der Waals surface area contributed by atoms with Gasteiger partial charge in [-0.3, -0.25) is 4.79 Å². The van der Waals surface area contributed by atoms with Crippen molar-refractivity contribution in [1.29, 1.82) is 0 Å². The SMILES string of the molecule is CCOC(=O)CC(N)=Nc1ccc(C(=O)OC)cc1.Cl. The number of amidine groups is 1. The van der Waals surface area contributed by atoms with Gasteiger partial charge in [-0.2, -0.15) is 0 Å². The van der Waals surface area contributed by atoms with Gasteiger partial charge < -0.3 is 15.2 Å². The normalized spacial score (nSPS) is 10.4. The quantitative estimate of drug-likeness (QED) is 0.509. The van der Waals surface area contributed by atoms with E-state index in [0.717, 1.165) is 0 Å². The molecule has 0 amide bonds. The number of benzene rings is 1. The molecule has 110 valence electrons. The summed E-state index contributed by atoms with van der Waals surface area (Å²) in [6.45, 7) is 2.02. The predicted octanol–water partition coefficient (Wildman–Crippen LogP) is 1.84. The Bertz CT molecular complexity index is 486. The molecule has 1 rings (SSSR count). The van der Waals surface area contributed by atoms with Crippen LogP contribution in [0.15, 0.2) is 29.3 Å². The van der Waals surface area contributed by atoms with Crippen LogP contribution >= 0.6 is 12.4 Å². The van der Waals surface area contributed by atoms with Crippen LogP contribution in [0.5, 0.6) is 0 Å². The van der Waals surface area contributed by atoms with E-state index in [2.05, 4.69) is 9.73 Å². The first-order valence-electron chi connectivity index (χ1n) is 5.73. The first-order valence-corrected chi connectivity index (χ1v) is 5.73. The number of nitrogens with two attached hydrogens (primary N) is 1. The highest BCUT2D eigenvalue weighted by atomic mass is 35.5. The summed E-state index contributed by atoms with van der Waals surface area (Å²) in [5.41, 5.74) is 6.59. The molecule has 0 saturated heterocycles. The van der Waals surface area contributed by atoms with E-state index in [1.807, 2.05) is 0 Å². The van der Waals surface area contributed by atoms with Crippen molar-refractivity contribution >= 4 is 35.9 Å². The van der Waals surface area contributed by atoms with E-state index in [1.54, 1.807) is 31.2 Å². The van der Waals surface area contributed by atoms with Gasteiger partial charge in [-0.05, 0) is 31.2 Å². The van der Waals surface area contributed by atoms with E-state index in [1.165, 1.54) is 7.11 Å². The molecule has 2 N–H and O–H groups in total. The minimum Gasteiger partial charge on any atom is -0.466 e. The number of carbonyl (C=O) groups is 2. The van der Waals surface area contributed by atoms with Crippen LogP contribution in [0.2, 0.25) is 0 Å². The monoisotopic (exact) mass is 300 g/mol. The minimum absolute atomic E-state index is 0. The average molecular weight is 301 g/mol. The van der Waals surface area contributed by atoms with E-state index in [-0.39, 0.29) is 24.7 Å². The van der Waals surface area contributed by atoms with Gasteiger partial charge in [0.15, 0.2) is 0 Å². The first kappa shape index (κ1) is 17.9. The number of halogens is 1. The molecule has 6 nitrogen and oxygen atoms in total. The summed E-state index contributed by atoms with van der Waals surface area (Å²) in [6.07, 6.45) is -0.0629. The average Bonchev–Trinajstić information content (AvgIpc) is 2.38. The Balaban J connectivity index is 0.00000361. The topological polar surface area (TPSA) is 91.0 Å². The van der Waals surface area contributed by atoms with E-state index < -0.39 is 11.9 Å². The zero-order valence-electron chi connectivity index (χ0n) is 11.3. The molecule has 1 aromatic carbocycles. The summed E-state index contributed by atoms with van der Waals surface area (Å²) >= 11 is 0. The van der Waals surface area contributed by atoms with Crippen LogP contribution in [0.4, 0.5) is 5.69 Å². The van der Waals surface area contributed by atoms with Crippen LogP contribution < -0.4 is 5.73 Å². The molecule has 0 aliphatic carbocycles. The number of hydrogen-bond acceptors (Lipinski definition) is 5. The highest BCUT2D eigenvalue weighted by Gasteiger charge is 2.06. The number of esters is 2. The van der Waals surface area contributed by atoms with Gasteiger partial charge in [-0.25, -0.2) is 9.79 Å². The summed E-state index contributed by atoms with van der Waals surface area (Å²) in [5.74, 6) is -0.686. The summed E-state index contributed by atoms with van der Waals surface area (Å²) in [6, 6.07) is 6.37. The number of rotatable bonds is 5. The zero-order valence-corrected chi connectivity index (χ0v) is 12.1. The second-order valence-electron chi connectivity index (χ2n) is 3.62. The number of ether oxygens (including phenoxy) is 2. The van der Waals surface area contributed by atoms with Crippen LogP contribution in [0.1, 0.15) is 23.7 Å². The lowest BCUT2D eigenvalue weighted by Gasteiger charge is -2.02. The molecule has 20 heavy (non-hydrogen) atoms. The molecule has 0 aliphatic rings. The summed E-state index contributed by atoms with van der Waals surface area (Å²) in [5, 5.41) is 0. The van der Waals surface area contributed by atoms with Gasteiger partial charge in [0.1, 0.15) is 12.3 Å². The van der Waals surface area contributed by atoms with E-state index in [0.29, 0.717) is 17.9 Å². The Morgan fingerprint density at radius 2 is 1.85 bits per heavy atom. The molecule has 7 heteroatoms. The largest absolute Gasteiger partial charge is 0.466 e. The Morgan fingerprint density at radius 3 is 2.35 bits per heavy atom. The van der Waals surface area contributed by atoms with E-state index in [9.17, 15) is 9.59 Å². The lowest BCUT2D eigenvalue weighted by molar-refractivity contribution is -0.141. The molecule has 0 heterocycles. The number of methoxy groups -OCH3 is 1. The number of carbonyl (C=O) groups excluding carboxylic acids is 2. The maximum Gasteiger partial charge on any atom is 0.337 e. The molecule has 0 unspecified atom stereocenters. The second kappa shape index (κ2) is 8.92. The molecule has 0 fully saturated rings. The highest BCUT2D eigenvalue weighted by molar-refractivity contribution is 5.98. The van der Waals surface area contributed by atoms with Crippen LogP contribution in [-0.2, 0) is 14.3 Å². The lowest BCUT2D eigenvalue weighted by Crippen LogP contribution is -2.18. The van der Waals surface area contributed by atoms with Crippen molar-refractivity contribution in [3.05, 3.63) is 29.8 Å². The summed E-state index contributed by atoms with van der Waals surface area (Å²) in [4.78, 5) is 26.5.